The molecular formula is C17H16BrN3O3. The zero-order valence-corrected chi connectivity index (χ0v) is 14.5. The molecule has 0 bridgehead atoms. The van der Waals surface area contributed by atoms with Crippen LogP contribution in [0.1, 0.15) is 21.5 Å². The van der Waals surface area contributed by atoms with Gasteiger partial charge in [0.15, 0.2) is 0 Å². The zero-order valence-electron chi connectivity index (χ0n) is 12.9. The van der Waals surface area contributed by atoms with E-state index in [1.807, 2.05) is 19.1 Å². The number of hydrazone groups is 1. The van der Waals surface area contributed by atoms with E-state index in [2.05, 4.69) is 31.8 Å². The van der Waals surface area contributed by atoms with Crippen LogP contribution in [-0.4, -0.2) is 29.7 Å². The SMILES string of the molecule is Cc1ccccc1C(=O)NCC(=O)N/N=C/c1cc(Br)ccc1O. The second-order valence-electron chi connectivity index (χ2n) is 4.99. The Hall–Kier alpha value is -2.67. The summed E-state index contributed by atoms with van der Waals surface area (Å²) in [5.41, 5.74) is 4.09. The van der Waals surface area contributed by atoms with Crippen LogP contribution in [0.15, 0.2) is 52.0 Å². The van der Waals surface area contributed by atoms with Crippen LogP contribution in [0.4, 0.5) is 0 Å². The number of aryl methyl sites for hydroxylation is 1. The van der Waals surface area contributed by atoms with E-state index in [0.29, 0.717) is 11.1 Å². The van der Waals surface area contributed by atoms with Crippen molar-refractivity contribution >= 4 is 34.0 Å². The Labute approximate surface area is 147 Å². The third kappa shape index (κ3) is 4.92. The van der Waals surface area contributed by atoms with Crippen molar-refractivity contribution in [2.24, 2.45) is 5.10 Å². The molecule has 0 radical (unpaired) electrons. The van der Waals surface area contributed by atoms with Crippen LogP contribution in [-0.2, 0) is 4.79 Å². The molecule has 3 N–H and O–H groups in total. The number of nitrogens with one attached hydrogen (secondary N) is 2. The van der Waals surface area contributed by atoms with Gasteiger partial charge in [-0.3, -0.25) is 9.59 Å². The fourth-order valence-corrected chi connectivity index (χ4v) is 2.30. The van der Waals surface area contributed by atoms with E-state index in [0.717, 1.165) is 10.0 Å². The maximum atomic E-state index is 12.0. The van der Waals surface area contributed by atoms with Gasteiger partial charge in [0.25, 0.3) is 11.8 Å². The third-order valence-electron chi connectivity index (χ3n) is 3.18. The largest absolute Gasteiger partial charge is 0.507 e. The van der Waals surface area contributed by atoms with Gasteiger partial charge in [0.2, 0.25) is 0 Å². The van der Waals surface area contributed by atoms with Gasteiger partial charge in [-0.25, -0.2) is 5.43 Å². The number of aromatic hydroxyl groups is 1. The number of hydrogen-bond acceptors (Lipinski definition) is 4. The smallest absolute Gasteiger partial charge is 0.259 e. The Bertz CT molecular complexity index is 790. The van der Waals surface area contributed by atoms with Crippen molar-refractivity contribution in [2.75, 3.05) is 6.54 Å². The van der Waals surface area contributed by atoms with Gasteiger partial charge in [0.1, 0.15) is 5.75 Å². The summed E-state index contributed by atoms with van der Waals surface area (Å²) in [5, 5.41) is 15.9. The molecule has 0 heterocycles. The van der Waals surface area contributed by atoms with E-state index < -0.39 is 5.91 Å². The predicted octanol–water partition coefficient (Wildman–Crippen LogP) is 2.34. The number of amides is 2. The van der Waals surface area contributed by atoms with E-state index in [9.17, 15) is 14.7 Å². The highest BCUT2D eigenvalue weighted by molar-refractivity contribution is 9.10. The van der Waals surface area contributed by atoms with E-state index in [1.54, 1.807) is 24.3 Å². The number of phenolic OH excluding ortho intramolecular Hbond substituents is 1. The van der Waals surface area contributed by atoms with Crippen molar-refractivity contribution in [3.8, 4) is 5.75 Å². The minimum Gasteiger partial charge on any atom is -0.507 e. The molecule has 124 valence electrons. The van der Waals surface area contributed by atoms with E-state index >= 15 is 0 Å². The van der Waals surface area contributed by atoms with Crippen LogP contribution >= 0.6 is 15.9 Å². The number of benzene rings is 2. The average molecular weight is 390 g/mol. The van der Waals surface area contributed by atoms with Crippen molar-refractivity contribution < 1.29 is 14.7 Å². The molecule has 0 fully saturated rings. The minimum absolute atomic E-state index is 0.0454. The molecule has 0 atom stereocenters. The molecule has 0 aliphatic heterocycles. The Morgan fingerprint density at radius 1 is 1.25 bits per heavy atom. The standard InChI is InChI=1S/C17H16BrN3O3/c1-11-4-2-3-5-14(11)17(24)19-10-16(23)21-20-9-12-8-13(18)6-7-15(12)22/h2-9,22H,10H2,1H3,(H,19,24)(H,21,23)/b20-9+. The summed E-state index contributed by atoms with van der Waals surface area (Å²) in [5.74, 6) is -0.747. The molecule has 6 nitrogen and oxygen atoms in total. The molecule has 0 aliphatic carbocycles. The lowest BCUT2D eigenvalue weighted by atomic mass is 10.1. The first-order valence-corrected chi connectivity index (χ1v) is 7.91. The van der Waals surface area contributed by atoms with Crippen molar-refractivity contribution in [2.45, 2.75) is 6.92 Å². The minimum atomic E-state index is -0.470. The highest BCUT2D eigenvalue weighted by Crippen LogP contribution is 2.19. The van der Waals surface area contributed by atoms with Gasteiger partial charge in [-0.2, -0.15) is 5.10 Å². The van der Waals surface area contributed by atoms with Crippen molar-refractivity contribution in [3.05, 3.63) is 63.6 Å². The molecule has 2 rings (SSSR count). The number of rotatable bonds is 5. The lowest BCUT2D eigenvalue weighted by molar-refractivity contribution is -0.120. The molecule has 2 aromatic rings. The third-order valence-corrected chi connectivity index (χ3v) is 3.67. The molecule has 24 heavy (non-hydrogen) atoms. The highest BCUT2D eigenvalue weighted by Gasteiger charge is 2.09. The van der Waals surface area contributed by atoms with Crippen LogP contribution in [0.5, 0.6) is 5.75 Å². The zero-order chi connectivity index (χ0) is 17.5. The molecule has 7 heteroatoms. The number of nitrogens with zero attached hydrogens (tertiary/aromatic N) is 1. The molecular weight excluding hydrogens is 374 g/mol. The van der Waals surface area contributed by atoms with Crippen molar-refractivity contribution in [3.63, 3.8) is 0 Å². The van der Waals surface area contributed by atoms with Crippen molar-refractivity contribution in [1.82, 2.24) is 10.7 Å². The first-order valence-electron chi connectivity index (χ1n) is 7.11. The summed E-state index contributed by atoms with van der Waals surface area (Å²) in [6.45, 7) is 1.62. The van der Waals surface area contributed by atoms with Crippen LogP contribution in [0.25, 0.3) is 0 Å². The van der Waals surface area contributed by atoms with Crippen molar-refractivity contribution in [1.29, 1.82) is 0 Å². The molecule has 0 saturated heterocycles. The molecule has 0 spiro atoms. The maximum absolute atomic E-state index is 12.0. The monoisotopic (exact) mass is 389 g/mol. The van der Waals surface area contributed by atoms with Gasteiger partial charge < -0.3 is 10.4 Å². The molecule has 0 aliphatic rings. The Morgan fingerprint density at radius 3 is 2.75 bits per heavy atom. The van der Waals surface area contributed by atoms with Gasteiger partial charge in [-0.05, 0) is 36.8 Å². The average Bonchev–Trinajstić information content (AvgIpc) is 2.56. The normalized spacial score (nSPS) is 10.6. The fraction of sp³-hybridized carbons (Fsp3) is 0.118. The number of carbonyl (C=O) groups excluding carboxylic acids is 2. The molecule has 0 aromatic heterocycles. The van der Waals surface area contributed by atoms with Gasteiger partial charge >= 0.3 is 0 Å². The second-order valence-corrected chi connectivity index (χ2v) is 5.91. The van der Waals surface area contributed by atoms with Gasteiger partial charge in [0, 0.05) is 15.6 Å². The summed E-state index contributed by atoms with van der Waals surface area (Å²) >= 11 is 3.28. The maximum Gasteiger partial charge on any atom is 0.259 e. The number of phenols is 1. The predicted molar refractivity (Wildman–Crippen MR) is 95.1 cm³/mol. The second kappa shape index (κ2) is 8.26. The quantitative estimate of drug-likeness (QED) is 0.541. The number of carbonyl (C=O) groups is 2. The summed E-state index contributed by atoms with van der Waals surface area (Å²) in [6, 6.07) is 12.0. The van der Waals surface area contributed by atoms with Crippen LogP contribution in [0, 0.1) is 6.92 Å². The van der Waals surface area contributed by atoms with E-state index in [-0.39, 0.29) is 18.2 Å². The van der Waals surface area contributed by atoms with Crippen LogP contribution in [0.2, 0.25) is 0 Å². The van der Waals surface area contributed by atoms with E-state index in [4.69, 9.17) is 0 Å². The van der Waals surface area contributed by atoms with Gasteiger partial charge in [-0.15, -0.1) is 0 Å². The van der Waals surface area contributed by atoms with Crippen LogP contribution < -0.4 is 10.7 Å². The van der Waals surface area contributed by atoms with Gasteiger partial charge in [-0.1, -0.05) is 34.1 Å². The lowest BCUT2D eigenvalue weighted by Gasteiger charge is -2.06. The van der Waals surface area contributed by atoms with Gasteiger partial charge in [0.05, 0.1) is 12.8 Å². The summed E-state index contributed by atoms with van der Waals surface area (Å²) in [4.78, 5) is 23.7. The number of hydrogen-bond donors (Lipinski definition) is 3. The Balaban J connectivity index is 1.85. The Morgan fingerprint density at radius 2 is 2.00 bits per heavy atom. The van der Waals surface area contributed by atoms with E-state index in [1.165, 1.54) is 12.3 Å². The fourth-order valence-electron chi connectivity index (χ4n) is 1.93. The Kier molecular flexibility index (Phi) is 6.08. The molecule has 2 amide bonds. The summed E-state index contributed by atoms with van der Waals surface area (Å²) < 4.78 is 0.776. The first-order chi connectivity index (χ1) is 11.5. The summed E-state index contributed by atoms with van der Waals surface area (Å²) in [6.07, 6.45) is 1.32. The molecule has 0 unspecified atom stereocenters. The topological polar surface area (TPSA) is 90.8 Å². The highest BCUT2D eigenvalue weighted by atomic mass is 79.9. The first kappa shape index (κ1) is 17.7. The molecule has 0 saturated carbocycles. The summed E-state index contributed by atoms with van der Waals surface area (Å²) in [7, 11) is 0. The number of halogens is 1. The van der Waals surface area contributed by atoms with Crippen LogP contribution in [0.3, 0.4) is 0 Å². The molecule has 2 aromatic carbocycles. The lowest BCUT2D eigenvalue weighted by Crippen LogP contribution is -2.35.